The second-order valence-electron chi connectivity index (χ2n) is 3.94. The Hall–Kier alpha value is -0.160. The van der Waals surface area contributed by atoms with Crippen molar-refractivity contribution in [3.05, 3.63) is 0 Å². The van der Waals surface area contributed by atoms with Gasteiger partial charge in [0.1, 0.15) is 0 Å². The summed E-state index contributed by atoms with van der Waals surface area (Å²) in [7, 11) is 3.88. The summed E-state index contributed by atoms with van der Waals surface area (Å²) in [4.78, 5) is 2.29. The maximum Gasteiger partial charge on any atom is 0.0589 e. The zero-order valence-electron chi connectivity index (χ0n) is 9.38. The van der Waals surface area contributed by atoms with Gasteiger partial charge in [-0.05, 0) is 20.0 Å². The molecule has 1 aliphatic rings. The number of nitrogens with one attached hydrogen (secondary N) is 2. The summed E-state index contributed by atoms with van der Waals surface area (Å²) in [5, 5.41) is 6.89. The lowest BCUT2D eigenvalue weighted by atomic mass is 10.2. The highest BCUT2D eigenvalue weighted by molar-refractivity contribution is 4.77. The molecule has 0 radical (unpaired) electrons. The number of nitrogens with zero attached hydrogens (tertiary/aromatic N) is 1. The van der Waals surface area contributed by atoms with Crippen LogP contribution in [0, 0.1) is 0 Å². The molecular formula is C10H23N3O. The smallest absolute Gasteiger partial charge is 0.0589 e. The van der Waals surface area contributed by atoms with Gasteiger partial charge in [-0.3, -0.25) is 0 Å². The van der Waals surface area contributed by atoms with Crippen LogP contribution in [-0.4, -0.2) is 64.4 Å². The number of likely N-dealkylation sites (N-methyl/N-ethyl adjacent to an activating group) is 1. The Labute approximate surface area is 87.0 Å². The second kappa shape index (κ2) is 7.17. The lowest BCUT2D eigenvalue weighted by Crippen LogP contribution is -2.37. The van der Waals surface area contributed by atoms with Crippen LogP contribution in [0.4, 0.5) is 0 Å². The van der Waals surface area contributed by atoms with E-state index in [1.165, 1.54) is 6.42 Å². The molecule has 1 unspecified atom stereocenters. The average molecular weight is 201 g/mol. The van der Waals surface area contributed by atoms with Crippen LogP contribution in [-0.2, 0) is 4.74 Å². The zero-order valence-corrected chi connectivity index (χ0v) is 9.38. The molecule has 1 saturated heterocycles. The van der Waals surface area contributed by atoms with Crippen molar-refractivity contribution in [3.63, 3.8) is 0 Å². The molecule has 84 valence electrons. The Morgan fingerprint density at radius 1 is 1.50 bits per heavy atom. The molecular weight excluding hydrogens is 178 g/mol. The SMILES string of the molecule is COCCN(C)CCNC1CCNC1. The van der Waals surface area contributed by atoms with Gasteiger partial charge in [-0.2, -0.15) is 0 Å². The van der Waals surface area contributed by atoms with Gasteiger partial charge < -0.3 is 20.3 Å². The van der Waals surface area contributed by atoms with Crippen molar-refractivity contribution in [2.75, 3.05) is 53.5 Å². The minimum Gasteiger partial charge on any atom is -0.383 e. The number of hydrogen-bond donors (Lipinski definition) is 2. The number of hydrogen-bond acceptors (Lipinski definition) is 4. The highest BCUT2D eigenvalue weighted by Gasteiger charge is 2.12. The predicted molar refractivity (Wildman–Crippen MR) is 58.7 cm³/mol. The molecule has 0 bridgehead atoms. The summed E-state index contributed by atoms with van der Waals surface area (Å²) in [6, 6.07) is 0.686. The van der Waals surface area contributed by atoms with Crippen LogP contribution in [0.25, 0.3) is 0 Å². The molecule has 1 atom stereocenters. The maximum absolute atomic E-state index is 5.02. The molecule has 0 aromatic heterocycles. The van der Waals surface area contributed by atoms with Gasteiger partial charge >= 0.3 is 0 Å². The lowest BCUT2D eigenvalue weighted by molar-refractivity contribution is 0.161. The second-order valence-corrected chi connectivity index (χ2v) is 3.94. The summed E-state index contributed by atoms with van der Waals surface area (Å²) < 4.78 is 5.02. The minimum atomic E-state index is 0.686. The van der Waals surface area contributed by atoms with Crippen LogP contribution in [0.15, 0.2) is 0 Å². The van der Waals surface area contributed by atoms with E-state index in [0.29, 0.717) is 6.04 Å². The molecule has 1 fully saturated rings. The summed E-state index contributed by atoms with van der Waals surface area (Å²) in [5.41, 5.74) is 0. The van der Waals surface area contributed by atoms with Gasteiger partial charge in [-0.1, -0.05) is 0 Å². The molecule has 0 aromatic rings. The van der Waals surface area contributed by atoms with Crippen molar-refractivity contribution in [2.24, 2.45) is 0 Å². The van der Waals surface area contributed by atoms with Crippen molar-refractivity contribution >= 4 is 0 Å². The molecule has 1 rings (SSSR count). The Balaban J connectivity index is 1.91. The van der Waals surface area contributed by atoms with Crippen molar-refractivity contribution in [1.82, 2.24) is 15.5 Å². The van der Waals surface area contributed by atoms with Crippen molar-refractivity contribution in [1.29, 1.82) is 0 Å². The average Bonchev–Trinajstić information content (AvgIpc) is 2.67. The van der Waals surface area contributed by atoms with Crippen LogP contribution in [0.3, 0.4) is 0 Å². The summed E-state index contributed by atoms with van der Waals surface area (Å²) in [6.07, 6.45) is 1.27. The molecule has 0 aliphatic carbocycles. The number of rotatable bonds is 7. The van der Waals surface area contributed by atoms with E-state index < -0.39 is 0 Å². The number of ether oxygens (including phenoxy) is 1. The fourth-order valence-corrected chi connectivity index (χ4v) is 1.65. The zero-order chi connectivity index (χ0) is 10.2. The van der Waals surface area contributed by atoms with Crippen molar-refractivity contribution in [3.8, 4) is 0 Å². The van der Waals surface area contributed by atoms with E-state index in [1.54, 1.807) is 7.11 Å². The van der Waals surface area contributed by atoms with Crippen molar-refractivity contribution in [2.45, 2.75) is 12.5 Å². The van der Waals surface area contributed by atoms with E-state index >= 15 is 0 Å². The largest absolute Gasteiger partial charge is 0.383 e. The van der Waals surface area contributed by atoms with Crippen LogP contribution in [0.5, 0.6) is 0 Å². The third kappa shape index (κ3) is 4.91. The van der Waals surface area contributed by atoms with Crippen LogP contribution >= 0.6 is 0 Å². The van der Waals surface area contributed by atoms with Gasteiger partial charge in [0.25, 0.3) is 0 Å². The molecule has 1 aliphatic heterocycles. The van der Waals surface area contributed by atoms with Crippen molar-refractivity contribution < 1.29 is 4.74 Å². The fraction of sp³-hybridized carbons (Fsp3) is 1.00. The van der Waals surface area contributed by atoms with Gasteiger partial charge in [0.2, 0.25) is 0 Å². The maximum atomic E-state index is 5.02. The first kappa shape index (κ1) is 11.9. The van der Waals surface area contributed by atoms with E-state index in [-0.39, 0.29) is 0 Å². The molecule has 0 saturated carbocycles. The Kier molecular flexibility index (Phi) is 6.10. The topological polar surface area (TPSA) is 36.5 Å². The first-order chi connectivity index (χ1) is 6.83. The molecule has 14 heavy (non-hydrogen) atoms. The molecule has 4 heteroatoms. The van der Waals surface area contributed by atoms with Gasteiger partial charge in [-0.15, -0.1) is 0 Å². The normalized spacial score (nSPS) is 22.1. The molecule has 0 spiro atoms. The lowest BCUT2D eigenvalue weighted by Gasteiger charge is -2.18. The van der Waals surface area contributed by atoms with Crippen LogP contribution in [0.1, 0.15) is 6.42 Å². The molecule has 4 nitrogen and oxygen atoms in total. The monoisotopic (exact) mass is 201 g/mol. The van der Waals surface area contributed by atoms with Crippen LogP contribution in [0.2, 0.25) is 0 Å². The molecule has 0 aromatic carbocycles. The van der Waals surface area contributed by atoms with E-state index in [9.17, 15) is 0 Å². The highest BCUT2D eigenvalue weighted by atomic mass is 16.5. The summed E-state index contributed by atoms with van der Waals surface area (Å²) in [6.45, 7) is 6.30. The fourth-order valence-electron chi connectivity index (χ4n) is 1.65. The third-order valence-electron chi connectivity index (χ3n) is 2.66. The summed E-state index contributed by atoms with van der Waals surface area (Å²) in [5.74, 6) is 0. The van der Waals surface area contributed by atoms with E-state index in [0.717, 1.165) is 39.3 Å². The quantitative estimate of drug-likeness (QED) is 0.583. The Bertz CT molecular complexity index is 137. The number of methoxy groups -OCH3 is 1. The molecule has 0 amide bonds. The Morgan fingerprint density at radius 3 is 3.00 bits per heavy atom. The van der Waals surface area contributed by atoms with E-state index in [2.05, 4.69) is 22.6 Å². The highest BCUT2D eigenvalue weighted by Crippen LogP contribution is 1.95. The van der Waals surface area contributed by atoms with E-state index in [4.69, 9.17) is 4.74 Å². The first-order valence-corrected chi connectivity index (χ1v) is 5.44. The van der Waals surface area contributed by atoms with E-state index in [1.807, 2.05) is 0 Å². The standard InChI is InChI=1S/C10H23N3O/c1-13(7-8-14-2)6-5-12-10-3-4-11-9-10/h10-12H,3-9H2,1-2H3. The van der Waals surface area contributed by atoms with Gasteiger partial charge in [0.15, 0.2) is 0 Å². The predicted octanol–water partition coefficient (Wildman–Crippen LogP) is -0.484. The van der Waals surface area contributed by atoms with Gasteiger partial charge in [-0.25, -0.2) is 0 Å². The van der Waals surface area contributed by atoms with Crippen LogP contribution < -0.4 is 10.6 Å². The third-order valence-corrected chi connectivity index (χ3v) is 2.66. The van der Waals surface area contributed by atoms with Gasteiger partial charge in [0, 0.05) is 39.3 Å². The minimum absolute atomic E-state index is 0.686. The van der Waals surface area contributed by atoms with Gasteiger partial charge in [0.05, 0.1) is 6.61 Å². The summed E-state index contributed by atoms with van der Waals surface area (Å²) >= 11 is 0. The molecule has 2 N–H and O–H groups in total. The first-order valence-electron chi connectivity index (χ1n) is 5.44. The molecule has 1 heterocycles. The Morgan fingerprint density at radius 2 is 2.36 bits per heavy atom.